The Morgan fingerprint density at radius 1 is 1.28 bits per heavy atom. The van der Waals surface area contributed by atoms with Crippen LogP contribution < -0.4 is 5.32 Å². The maximum atomic E-state index is 12.3. The van der Waals surface area contributed by atoms with Gasteiger partial charge in [0.15, 0.2) is 0 Å². The first-order chi connectivity index (χ1) is 12.1. The first-order valence-electron chi connectivity index (χ1n) is 9.32. The fourth-order valence-electron chi connectivity index (χ4n) is 3.46. The van der Waals surface area contributed by atoms with Crippen molar-refractivity contribution in [1.29, 1.82) is 0 Å². The summed E-state index contributed by atoms with van der Waals surface area (Å²) < 4.78 is 6.98. The maximum Gasteiger partial charge on any atom is 0.242 e. The fourth-order valence-corrected chi connectivity index (χ4v) is 3.46. The van der Waals surface area contributed by atoms with Gasteiger partial charge < -0.3 is 15.0 Å². The van der Waals surface area contributed by atoms with Gasteiger partial charge in [-0.3, -0.25) is 9.69 Å². The topological polar surface area (TPSA) is 75.5 Å². The van der Waals surface area contributed by atoms with Crippen LogP contribution in [0.15, 0.2) is 6.20 Å². The Labute approximate surface area is 149 Å². The van der Waals surface area contributed by atoms with Gasteiger partial charge in [-0.25, -0.2) is 4.68 Å². The van der Waals surface area contributed by atoms with E-state index in [4.69, 9.17) is 4.74 Å². The largest absolute Gasteiger partial charge is 0.379 e. The molecule has 3 rings (SSSR count). The van der Waals surface area contributed by atoms with Gasteiger partial charge in [-0.05, 0) is 26.7 Å². The zero-order valence-electron chi connectivity index (χ0n) is 15.4. The monoisotopic (exact) mass is 350 g/mol. The standard InChI is InChI=1S/C17H30N6O2/c1-14(2)22-5-3-15(4-6-22)18-17(24)13-23-12-16(19-20-23)11-21-7-9-25-10-8-21/h12,14-15H,3-11,13H2,1-2H3,(H,18,24). The zero-order chi connectivity index (χ0) is 17.6. The summed E-state index contributed by atoms with van der Waals surface area (Å²) in [7, 11) is 0. The van der Waals surface area contributed by atoms with E-state index < -0.39 is 0 Å². The van der Waals surface area contributed by atoms with Crippen LogP contribution in [-0.4, -0.2) is 82.2 Å². The van der Waals surface area contributed by atoms with Crippen LogP contribution in [0.2, 0.25) is 0 Å². The summed E-state index contributed by atoms with van der Waals surface area (Å²) >= 11 is 0. The molecule has 2 aliphatic rings. The summed E-state index contributed by atoms with van der Waals surface area (Å²) in [6.07, 6.45) is 3.91. The Balaban J connectivity index is 1.41. The molecule has 1 N–H and O–H groups in total. The van der Waals surface area contributed by atoms with Gasteiger partial charge in [0.25, 0.3) is 0 Å². The van der Waals surface area contributed by atoms with Crippen molar-refractivity contribution in [2.24, 2.45) is 0 Å². The van der Waals surface area contributed by atoms with Crippen LogP contribution in [0.3, 0.4) is 0 Å². The first kappa shape index (κ1) is 18.3. The number of carbonyl (C=O) groups is 1. The highest BCUT2D eigenvalue weighted by Gasteiger charge is 2.22. The third-order valence-electron chi connectivity index (χ3n) is 5.01. The van der Waals surface area contributed by atoms with E-state index in [1.54, 1.807) is 4.68 Å². The fraction of sp³-hybridized carbons (Fsp3) is 0.824. The molecular formula is C17H30N6O2. The first-order valence-corrected chi connectivity index (χ1v) is 9.32. The number of aromatic nitrogens is 3. The van der Waals surface area contributed by atoms with Gasteiger partial charge >= 0.3 is 0 Å². The SMILES string of the molecule is CC(C)N1CCC(NC(=O)Cn2cc(CN3CCOCC3)nn2)CC1. The van der Waals surface area contributed by atoms with Crippen LogP contribution in [0.4, 0.5) is 0 Å². The highest BCUT2D eigenvalue weighted by Crippen LogP contribution is 2.13. The average Bonchev–Trinajstić information content (AvgIpc) is 3.03. The number of rotatable bonds is 6. The minimum absolute atomic E-state index is 0.0193. The van der Waals surface area contributed by atoms with E-state index in [2.05, 4.69) is 39.3 Å². The highest BCUT2D eigenvalue weighted by molar-refractivity contribution is 5.75. The summed E-state index contributed by atoms with van der Waals surface area (Å²) in [5.74, 6) is 0.0193. The molecule has 8 heteroatoms. The number of likely N-dealkylation sites (tertiary alicyclic amines) is 1. The molecule has 0 unspecified atom stereocenters. The molecule has 0 bridgehead atoms. The summed E-state index contributed by atoms with van der Waals surface area (Å²) in [6, 6.07) is 0.857. The number of nitrogens with zero attached hydrogens (tertiary/aromatic N) is 5. The van der Waals surface area contributed by atoms with Gasteiger partial charge in [-0.1, -0.05) is 5.21 Å². The molecule has 0 aliphatic carbocycles. The Bertz CT molecular complexity index is 547. The van der Waals surface area contributed by atoms with Crippen LogP contribution in [0.25, 0.3) is 0 Å². The van der Waals surface area contributed by atoms with E-state index >= 15 is 0 Å². The van der Waals surface area contributed by atoms with Crippen molar-refractivity contribution in [3.8, 4) is 0 Å². The number of ether oxygens (including phenoxy) is 1. The molecule has 25 heavy (non-hydrogen) atoms. The van der Waals surface area contributed by atoms with Crippen LogP contribution in [0.5, 0.6) is 0 Å². The molecule has 0 atom stereocenters. The van der Waals surface area contributed by atoms with Gasteiger partial charge in [-0.2, -0.15) is 0 Å². The van der Waals surface area contributed by atoms with Gasteiger partial charge in [0, 0.05) is 44.8 Å². The van der Waals surface area contributed by atoms with E-state index in [0.717, 1.165) is 64.5 Å². The molecule has 1 aromatic rings. The Morgan fingerprint density at radius 2 is 2.00 bits per heavy atom. The molecule has 140 valence electrons. The lowest BCUT2D eigenvalue weighted by Crippen LogP contribution is -2.47. The van der Waals surface area contributed by atoms with Gasteiger partial charge in [-0.15, -0.1) is 5.10 Å². The van der Waals surface area contributed by atoms with Crippen molar-refractivity contribution in [2.45, 2.75) is 51.9 Å². The number of amides is 1. The van der Waals surface area contributed by atoms with Crippen LogP contribution in [0, 0.1) is 0 Å². The smallest absolute Gasteiger partial charge is 0.242 e. The van der Waals surface area contributed by atoms with Crippen LogP contribution >= 0.6 is 0 Å². The molecule has 0 spiro atoms. The van der Waals surface area contributed by atoms with Gasteiger partial charge in [0.2, 0.25) is 5.91 Å². The molecule has 2 aliphatic heterocycles. The average molecular weight is 350 g/mol. The molecule has 0 radical (unpaired) electrons. The van der Waals surface area contributed by atoms with Gasteiger partial charge in [0.05, 0.1) is 25.1 Å². The predicted molar refractivity (Wildman–Crippen MR) is 94.0 cm³/mol. The number of carbonyl (C=O) groups excluding carboxylic acids is 1. The maximum absolute atomic E-state index is 12.3. The second-order valence-electron chi connectivity index (χ2n) is 7.27. The number of nitrogens with one attached hydrogen (secondary N) is 1. The molecule has 2 fully saturated rings. The quantitative estimate of drug-likeness (QED) is 0.784. The van der Waals surface area contributed by atoms with Crippen molar-refractivity contribution in [3.05, 3.63) is 11.9 Å². The van der Waals surface area contributed by atoms with E-state index in [1.807, 2.05) is 6.20 Å². The lowest BCUT2D eigenvalue weighted by atomic mass is 10.0. The van der Waals surface area contributed by atoms with Crippen molar-refractivity contribution in [1.82, 2.24) is 30.1 Å². The van der Waals surface area contributed by atoms with Crippen LogP contribution in [0.1, 0.15) is 32.4 Å². The number of morpholine rings is 1. The summed E-state index contributed by atoms with van der Waals surface area (Å²) in [6.45, 7) is 10.9. The summed E-state index contributed by atoms with van der Waals surface area (Å²) in [4.78, 5) is 17.0. The normalized spacial score (nSPS) is 20.9. The zero-order valence-corrected chi connectivity index (χ0v) is 15.4. The van der Waals surface area contributed by atoms with Crippen molar-refractivity contribution in [2.75, 3.05) is 39.4 Å². The third kappa shape index (κ3) is 5.49. The highest BCUT2D eigenvalue weighted by atomic mass is 16.5. The number of piperidine rings is 1. The minimum atomic E-state index is 0.0193. The van der Waals surface area contributed by atoms with E-state index in [0.29, 0.717) is 6.04 Å². The second kappa shape index (κ2) is 8.73. The molecule has 0 saturated carbocycles. The lowest BCUT2D eigenvalue weighted by molar-refractivity contribution is -0.122. The van der Waals surface area contributed by atoms with Crippen LogP contribution in [-0.2, 0) is 22.6 Å². The molecule has 0 aromatic carbocycles. The molecule has 3 heterocycles. The van der Waals surface area contributed by atoms with Crippen molar-refractivity contribution in [3.63, 3.8) is 0 Å². The summed E-state index contributed by atoms with van der Waals surface area (Å²) in [5.41, 5.74) is 0.903. The Hall–Kier alpha value is -1.51. The third-order valence-corrected chi connectivity index (χ3v) is 5.01. The molecular weight excluding hydrogens is 320 g/mol. The number of hydrogen-bond acceptors (Lipinski definition) is 6. The molecule has 1 amide bonds. The van der Waals surface area contributed by atoms with E-state index in [9.17, 15) is 4.79 Å². The molecule has 1 aromatic heterocycles. The Kier molecular flexibility index (Phi) is 6.39. The van der Waals surface area contributed by atoms with E-state index in [1.165, 1.54) is 0 Å². The van der Waals surface area contributed by atoms with Gasteiger partial charge in [0.1, 0.15) is 6.54 Å². The molecule has 8 nitrogen and oxygen atoms in total. The summed E-state index contributed by atoms with van der Waals surface area (Å²) in [5, 5.41) is 11.4. The Morgan fingerprint density at radius 3 is 2.68 bits per heavy atom. The second-order valence-corrected chi connectivity index (χ2v) is 7.27. The minimum Gasteiger partial charge on any atom is -0.379 e. The van der Waals surface area contributed by atoms with E-state index in [-0.39, 0.29) is 18.5 Å². The molecule has 2 saturated heterocycles. The number of hydrogen-bond donors (Lipinski definition) is 1. The predicted octanol–water partition coefficient (Wildman–Crippen LogP) is 0.0993. The van der Waals surface area contributed by atoms with Crippen molar-refractivity contribution < 1.29 is 9.53 Å². The van der Waals surface area contributed by atoms with Crippen molar-refractivity contribution >= 4 is 5.91 Å². The lowest BCUT2D eigenvalue weighted by Gasteiger charge is -2.34.